The van der Waals surface area contributed by atoms with Gasteiger partial charge in [0.05, 0.1) is 18.3 Å². The van der Waals surface area contributed by atoms with Gasteiger partial charge in [-0.2, -0.15) is 10.1 Å². The summed E-state index contributed by atoms with van der Waals surface area (Å²) in [6.45, 7) is 6.38. The van der Waals surface area contributed by atoms with Gasteiger partial charge in [0.2, 0.25) is 0 Å². The number of aromatic nitrogens is 4. The lowest BCUT2D eigenvalue weighted by Crippen LogP contribution is -2.39. The molecule has 1 atom stereocenters. The summed E-state index contributed by atoms with van der Waals surface area (Å²) in [5.41, 5.74) is 3.42. The zero-order chi connectivity index (χ0) is 20.6. The second-order valence-corrected chi connectivity index (χ2v) is 8.58. The second kappa shape index (κ2) is 7.55. The van der Waals surface area contributed by atoms with Crippen LogP contribution in [-0.4, -0.2) is 48.6 Å². The quantitative estimate of drug-likeness (QED) is 0.737. The SMILES string of the molecule is CC(C)(C)c1cc(C(=O)N(CCO)[C@H]2CCCc3ccccc32)nc2ncnn12. The van der Waals surface area contributed by atoms with E-state index in [1.807, 2.05) is 18.2 Å². The number of amides is 1. The van der Waals surface area contributed by atoms with Gasteiger partial charge in [-0.1, -0.05) is 45.0 Å². The standard InChI is InChI=1S/C22H27N5O2/c1-22(2,3)19-13-17(25-21-23-14-24-27(19)21)20(29)26(11-12-28)18-10-6-8-15-7-4-5-9-16(15)18/h4-5,7,9,13-14,18,28H,6,8,10-12H2,1-3H3/t18-/m0/s1. The highest BCUT2D eigenvalue weighted by Gasteiger charge is 2.31. The third-order valence-corrected chi connectivity index (χ3v) is 5.56. The Hall–Kier alpha value is -2.80. The fourth-order valence-corrected chi connectivity index (χ4v) is 4.16. The zero-order valence-corrected chi connectivity index (χ0v) is 17.2. The number of hydrogen-bond donors (Lipinski definition) is 1. The maximum atomic E-state index is 13.6. The highest BCUT2D eigenvalue weighted by molar-refractivity contribution is 5.93. The first-order valence-electron chi connectivity index (χ1n) is 10.1. The van der Waals surface area contributed by atoms with E-state index in [4.69, 9.17) is 0 Å². The molecule has 0 fully saturated rings. The van der Waals surface area contributed by atoms with Crippen LogP contribution in [0, 0.1) is 0 Å². The summed E-state index contributed by atoms with van der Waals surface area (Å²) in [6.07, 6.45) is 4.36. The molecule has 0 aliphatic heterocycles. The van der Waals surface area contributed by atoms with E-state index in [0.717, 1.165) is 25.0 Å². The maximum absolute atomic E-state index is 13.6. The highest BCUT2D eigenvalue weighted by Crippen LogP contribution is 2.35. The Balaban J connectivity index is 1.77. The number of fused-ring (bicyclic) bond motifs is 2. The molecule has 152 valence electrons. The Morgan fingerprint density at radius 1 is 1.31 bits per heavy atom. The molecule has 1 aromatic carbocycles. The van der Waals surface area contributed by atoms with Crippen molar-refractivity contribution >= 4 is 11.7 Å². The van der Waals surface area contributed by atoms with Gasteiger partial charge in [0, 0.05) is 12.0 Å². The van der Waals surface area contributed by atoms with Crippen LogP contribution in [0.1, 0.15) is 67.0 Å². The van der Waals surface area contributed by atoms with E-state index in [9.17, 15) is 9.90 Å². The molecule has 2 heterocycles. The molecular weight excluding hydrogens is 366 g/mol. The number of carbonyl (C=O) groups excluding carboxylic acids is 1. The first-order valence-corrected chi connectivity index (χ1v) is 10.1. The second-order valence-electron chi connectivity index (χ2n) is 8.58. The summed E-state index contributed by atoms with van der Waals surface area (Å²) in [5.74, 6) is 0.227. The van der Waals surface area contributed by atoms with Gasteiger partial charge in [-0.3, -0.25) is 4.79 Å². The number of aliphatic hydroxyl groups excluding tert-OH is 1. The van der Waals surface area contributed by atoms with Crippen LogP contribution in [0.4, 0.5) is 0 Å². The predicted molar refractivity (Wildman–Crippen MR) is 110 cm³/mol. The van der Waals surface area contributed by atoms with Crippen molar-refractivity contribution in [3.05, 3.63) is 59.2 Å². The molecule has 0 saturated carbocycles. The lowest BCUT2D eigenvalue weighted by Gasteiger charge is -2.35. The summed E-state index contributed by atoms with van der Waals surface area (Å²) in [5, 5.41) is 14.0. The van der Waals surface area contributed by atoms with Crippen LogP contribution in [0.25, 0.3) is 5.78 Å². The largest absolute Gasteiger partial charge is 0.395 e. The Labute approximate surface area is 170 Å². The van der Waals surface area contributed by atoms with E-state index >= 15 is 0 Å². The van der Waals surface area contributed by atoms with Gasteiger partial charge >= 0.3 is 0 Å². The van der Waals surface area contributed by atoms with Crippen LogP contribution in [0.3, 0.4) is 0 Å². The van der Waals surface area contributed by atoms with Crippen LogP contribution in [0.2, 0.25) is 0 Å². The van der Waals surface area contributed by atoms with Gasteiger partial charge in [-0.25, -0.2) is 9.50 Å². The molecular formula is C22H27N5O2. The molecule has 3 aromatic rings. The molecule has 29 heavy (non-hydrogen) atoms. The molecule has 7 nitrogen and oxygen atoms in total. The molecule has 1 aliphatic rings. The van der Waals surface area contributed by atoms with Crippen molar-refractivity contribution in [2.75, 3.05) is 13.2 Å². The summed E-state index contributed by atoms with van der Waals surface area (Å²) in [7, 11) is 0. The van der Waals surface area contributed by atoms with Gasteiger partial charge < -0.3 is 10.0 Å². The Bertz CT molecular complexity index is 1040. The van der Waals surface area contributed by atoms with Crippen LogP contribution in [0.5, 0.6) is 0 Å². The normalized spacial score (nSPS) is 16.6. The number of rotatable bonds is 4. The van der Waals surface area contributed by atoms with Crippen LogP contribution in [-0.2, 0) is 11.8 Å². The number of hydrogen-bond acceptors (Lipinski definition) is 5. The van der Waals surface area contributed by atoms with Crippen molar-refractivity contribution in [1.29, 1.82) is 0 Å². The predicted octanol–water partition coefficient (Wildman–Crippen LogP) is 2.93. The van der Waals surface area contributed by atoms with Crippen molar-refractivity contribution in [1.82, 2.24) is 24.5 Å². The fourth-order valence-electron chi connectivity index (χ4n) is 4.16. The number of benzene rings is 1. The molecule has 1 N–H and O–H groups in total. The van der Waals surface area contributed by atoms with Crippen LogP contribution in [0.15, 0.2) is 36.7 Å². The third kappa shape index (κ3) is 3.62. The average molecular weight is 393 g/mol. The van der Waals surface area contributed by atoms with E-state index in [-0.39, 0.29) is 30.5 Å². The smallest absolute Gasteiger partial charge is 0.273 e. The number of aryl methyl sites for hydroxylation is 1. The molecule has 1 amide bonds. The van der Waals surface area contributed by atoms with Gasteiger partial charge in [0.25, 0.3) is 11.7 Å². The molecule has 0 unspecified atom stereocenters. The minimum Gasteiger partial charge on any atom is -0.395 e. The van der Waals surface area contributed by atoms with E-state index in [1.165, 1.54) is 17.5 Å². The van der Waals surface area contributed by atoms with E-state index in [2.05, 4.69) is 48.0 Å². The van der Waals surface area contributed by atoms with Crippen molar-refractivity contribution in [3.63, 3.8) is 0 Å². The van der Waals surface area contributed by atoms with Crippen molar-refractivity contribution in [2.45, 2.75) is 51.5 Å². The van der Waals surface area contributed by atoms with Crippen LogP contribution >= 0.6 is 0 Å². The molecule has 0 bridgehead atoms. The summed E-state index contributed by atoms with van der Waals surface area (Å²) in [6, 6.07) is 10.0. The summed E-state index contributed by atoms with van der Waals surface area (Å²) >= 11 is 0. The molecule has 0 spiro atoms. The minimum atomic E-state index is -0.233. The van der Waals surface area contributed by atoms with E-state index in [1.54, 1.807) is 9.42 Å². The van der Waals surface area contributed by atoms with Crippen molar-refractivity contribution in [2.24, 2.45) is 0 Å². The number of aliphatic hydroxyl groups is 1. The maximum Gasteiger partial charge on any atom is 0.273 e. The Morgan fingerprint density at radius 3 is 2.86 bits per heavy atom. The average Bonchev–Trinajstić information content (AvgIpc) is 3.18. The van der Waals surface area contributed by atoms with Gasteiger partial charge in [-0.15, -0.1) is 0 Å². The monoisotopic (exact) mass is 393 g/mol. The number of carbonyl (C=O) groups is 1. The molecule has 1 aliphatic carbocycles. The first-order chi connectivity index (χ1) is 13.9. The van der Waals surface area contributed by atoms with Gasteiger partial charge in [0.15, 0.2) is 0 Å². The molecule has 2 aromatic heterocycles. The minimum absolute atomic E-state index is 0.0615. The van der Waals surface area contributed by atoms with Crippen molar-refractivity contribution in [3.8, 4) is 0 Å². The highest BCUT2D eigenvalue weighted by atomic mass is 16.3. The summed E-state index contributed by atoms with van der Waals surface area (Å²) < 4.78 is 1.68. The lowest BCUT2D eigenvalue weighted by atomic mass is 9.86. The van der Waals surface area contributed by atoms with Crippen molar-refractivity contribution < 1.29 is 9.90 Å². The molecule has 0 radical (unpaired) electrons. The van der Waals surface area contributed by atoms with E-state index < -0.39 is 0 Å². The molecule has 7 heteroatoms. The Kier molecular flexibility index (Phi) is 5.08. The zero-order valence-electron chi connectivity index (χ0n) is 17.2. The molecule has 4 rings (SSSR count). The van der Waals surface area contributed by atoms with Gasteiger partial charge in [0.1, 0.15) is 12.0 Å². The van der Waals surface area contributed by atoms with Gasteiger partial charge in [-0.05, 0) is 36.5 Å². The third-order valence-electron chi connectivity index (χ3n) is 5.56. The van der Waals surface area contributed by atoms with Crippen LogP contribution < -0.4 is 0 Å². The number of nitrogens with zero attached hydrogens (tertiary/aromatic N) is 5. The topological polar surface area (TPSA) is 83.6 Å². The lowest BCUT2D eigenvalue weighted by molar-refractivity contribution is 0.0604. The first kappa shape index (κ1) is 19.5. The Morgan fingerprint density at radius 2 is 2.10 bits per heavy atom. The molecule has 0 saturated heterocycles. The van der Waals surface area contributed by atoms with E-state index in [0.29, 0.717) is 11.5 Å². The summed E-state index contributed by atoms with van der Waals surface area (Å²) in [4.78, 5) is 24.0. The fraction of sp³-hybridized carbons (Fsp3) is 0.455.